The third-order valence-corrected chi connectivity index (χ3v) is 7.40. The number of hydrogen-bond donors (Lipinski definition) is 4. The molecule has 1 heterocycles. The van der Waals surface area contributed by atoms with E-state index < -0.39 is 11.8 Å². The van der Waals surface area contributed by atoms with Crippen LogP contribution in [0.3, 0.4) is 0 Å². The first-order chi connectivity index (χ1) is 18.4. The lowest BCUT2D eigenvalue weighted by molar-refractivity contribution is 0.0479. The van der Waals surface area contributed by atoms with Crippen LogP contribution in [0.15, 0.2) is 60.7 Å². The maximum Gasteiger partial charge on any atom is 0.161 e. The molecule has 200 valence electrons. The summed E-state index contributed by atoms with van der Waals surface area (Å²) in [6, 6.07) is 19.8. The molecule has 7 nitrogen and oxygen atoms in total. The molecule has 7 heteroatoms. The van der Waals surface area contributed by atoms with Gasteiger partial charge in [0, 0.05) is 27.7 Å². The van der Waals surface area contributed by atoms with E-state index in [0.717, 1.165) is 28.5 Å². The normalized spacial score (nSPS) is 17.9. The van der Waals surface area contributed by atoms with Crippen molar-refractivity contribution < 1.29 is 24.4 Å². The average Bonchev–Trinajstić information content (AvgIpc) is 3.30. The largest absolute Gasteiger partial charge is 0.493 e. The number of methoxy groups -OCH3 is 2. The van der Waals surface area contributed by atoms with Gasteiger partial charge in [-0.25, -0.2) is 0 Å². The van der Waals surface area contributed by atoms with E-state index in [9.17, 15) is 10.2 Å². The molecule has 4 N–H and O–H groups in total. The van der Waals surface area contributed by atoms with Crippen LogP contribution in [0.25, 0.3) is 22.0 Å². The van der Waals surface area contributed by atoms with E-state index in [-0.39, 0.29) is 12.7 Å². The summed E-state index contributed by atoms with van der Waals surface area (Å²) in [7, 11) is 3.22. The zero-order valence-electron chi connectivity index (χ0n) is 22.4. The molecule has 0 saturated heterocycles. The van der Waals surface area contributed by atoms with E-state index in [0.29, 0.717) is 35.7 Å². The number of para-hydroxylation sites is 1. The van der Waals surface area contributed by atoms with Crippen molar-refractivity contribution in [1.82, 2.24) is 10.3 Å². The molecule has 3 aromatic carbocycles. The lowest BCUT2D eigenvalue weighted by Gasteiger charge is -2.39. The number of benzene rings is 3. The molecular weight excluding hydrogens is 480 g/mol. The third kappa shape index (κ3) is 4.97. The standard InChI is InChI=1S/C31H36N2O5/c1-19(2)38-27-11-9-20(21-10-12-28(36-3)29(16-21)37-4)15-23(27)30(35)33-31(18-34)14-13-26-24(17-31)22-7-5-6-8-25(22)32-26/h5-12,15-16,19,30,32-35H,13-14,17-18H2,1-4H3. The Morgan fingerprint density at radius 2 is 1.66 bits per heavy atom. The fraction of sp³-hybridized carbons (Fsp3) is 0.355. The molecule has 0 radical (unpaired) electrons. The monoisotopic (exact) mass is 516 g/mol. The fourth-order valence-electron chi connectivity index (χ4n) is 5.45. The number of nitrogens with one attached hydrogen (secondary N) is 2. The van der Waals surface area contributed by atoms with Gasteiger partial charge in [0.15, 0.2) is 11.5 Å². The molecule has 38 heavy (non-hydrogen) atoms. The minimum atomic E-state index is -1.05. The number of fused-ring (bicyclic) bond motifs is 3. The molecule has 0 saturated carbocycles. The number of aromatic nitrogens is 1. The van der Waals surface area contributed by atoms with Crippen LogP contribution in [0.5, 0.6) is 17.2 Å². The van der Waals surface area contributed by atoms with Crippen LogP contribution >= 0.6 is 0 Å². The van der Waals surface area contributed by atoms with Crippen LogP contribution in [0, 0.1) is 0 Å². The first-order valence-corrected chi connectivity index (χ1v) is 13.0. The van der Waals surface area contributed by atoms with E-state index in [4.69, 9.17) is 14.2 Å². The minimum Gasteiger partial charge on any atom is -0.493 e. The van der Waals surface area contributed by atoms with Gasteiger partial charge in [0.1, 0.15) is 12.0 Å². The summed E-state index contributed by atoms with van der Waals surface area (Å²) in [5.74, 6) is 1.88. The lowest BCUT2D eigenvalue weighted by Crippen LogP contribution is -2.53. The van der Waals surface area contributed by atoms with Gasteiger partial charge < -0.3 is 29.4 Å². The van der Waals surface area contributed by atoms with Crippen LogP contribution in [-0.2, 0) is 12.8 Å². The molecule has 0 amide bonds. The van der Waals surface area contributed by atoms with Crippen molar-refractivity contribution >= 4 is 10.9 Å². The quantitative estimate of drug-likeness (QED) is 0.230. The molecule has 2 atom stereocenters. The lowest BCUT2D eigenvalue weighted by atomic mass is 9.80. The second-order valence-electron chi connectivity index (χ2n) is 10.3. The Hall–Kier alpha value is -3.52. The maximum absolute atomic E-state index is 11.6. The Kier molecular flexibility index (Phi) is 7.34. The number of rotatable bonds is 9. The number of aromatic amines is 1. The van der Waals surface area contributed by atoms with E-state index >= 15 is 0 Å². The number of hydrogen-bond acceptors (Lipinski definition) is 6. The second kappa shape index (κ2) is 10.7. The van der Waals surface area contributed by atoms with E-state index in [1.807, 2.05) is 62.4 Å². The topological polar surface area (TPSA) is 96.0 Å². The first kappa shape index (κ1) is 26.1. The van der Waals surface area contributed by atoms with Crippen molar-refractivity contribution in [2.45, 2.75) is 51.0 Å². The Morgan fingerprint density at radius 3 is 2.37 bits per heavy atom. The summed E-state index contributed by atoms with van der Waals surface area (Å²) in [6.07, 6.45) is 0.961. The summed E-state index contributed by atoms with van der Waals surface area (Å²) in [5, 5.41) is 26.7. The summed E-state index contributed by atoms with van der Waals surface area (Å²) < 4.78 is 17.0. The fourth-order valence-corrected chi connectivity index (χ4v) is 5.45. The summed E-state index contributed by atoms with van der Waals surface area (Å²) >= 11 is 0. The molecule has 0 aliphatic heterocycles. The Labute approximate surface area is 223 Å². The zero-order chi connectivity index (χ0) is 26.9. The van der Waals surface area contributed by atoms with Crippen LogP contribution < -0.4 is 19.5 Å². The van der Waals surface area contributed by atoms with Crippen LogP contribution in [0.1, 0.15) is 43.3 Å². The molecule has 4 aromatic rings. The van der Waals surface area contributed by atoms with Gasteiger partial charge in [-0.15, -0.1) is 0 Å². The molecule has 2 unspecified atom stereocenters. The predicted octanol–water partition coefficient (Wildman–Crippen LogP) is 5.14. The summed E-state index contributed by atoms with van der Waals surface area (Å²) in [5.41, 5.74) is 5.25. The van der Waals surface area contributed by atoms with E-state index in [2.05, 4.69) is 22.4 Å². The number of aryl methyl sites for hydroxylation is 1. The number of aliphatic hydroxyl groups excluding tert-OH is 2. The van der Waals surface area contributed by atoms with Gasteiger partial charge in [0.25, 0.3) is 0 Å². The van der Waals surface area contributed by atoms with Crippen molar-refractivity contribution in [3.63, 3.8) is 0 Å². The predicted molar refractivity (Wildman–Crippen MR) is 149 cm³/mol. The molecule has 0 bridgehead atoms. The zero-order valence-corrected chi connectivity index (χ0v) is 22.4. The Balaban J connectivity index is 1.49. The third-order valence-electron chi connectivity index (χ3n) is 7.40. The molecule has 1 aromatic heterocycles. The van der Waals surface area contributed by atoms with E-state index in [1.165, 1.54) is 11.3 Å². The highest BCUT2D eigenvalue weighted by Crippen LogP contribution is 2.38. The Morgan fingerprint density at radius 1 is 0.947 bits per heavy atom. The van der Waals surface area contributed by atoms with Crippen molar-refractivity contribution in [3.05, 3.63) is 77.5 Å². The molecule has 0 fully saturated rings. The minimum absolute atomic E-state index is 0.0665. The SMILES string of the molecule is COc1ccc(-c2ccc(OC(C)C)c(C(O)NC3(CO)CCc4[nH]c5ccccc5c4C3)c2)cc1OC. The van der Waals surface area contributed by atoms with Crippen LogP contribution in [-0.4, -0.2) is 47.7 Å². The summed E-state index contributed by atoms with van der Waals surface area (Å²) in [4.78, 5) is 3.53. The highest BCUT2D eigenvalue weighted by atomic mass is 16.5. The van der Waals surface area contributed by atoms with Gasteiger partial charge in [0.2, 0.25) is 0 Å². The van der Waals surface area contributed by atoms with Gasteiger partial charge in [0.05, 0.1) is 26.9 Å². The van der Waals surface area contributed by atoms with Gasteiger partial charge in [-0.05, 0) is 80.1 Å². The average molecular weight is 517 g/mol. The Bertz CT molecular complexity index is 1430. The second-order valence-corrected chi connectivity index (χ2v) is 10.3. The number of aliphatic hydroxyl groups is 2. The molecule has 1 aliphatic carbocycles. The van der Waals surface area contributed by atoms with Crippen molar-refractivity contribution in [1.29, 1.82) is 0 Å². The first-order valence-electron chi connectivity index (χ1n) is 13.0. The van der Waals surface area contributed by atoms with Gasteiger partial charge >= 0.3 is 0 Å². The molecule has 1 aliphatic rings. The van der Waals surface area contributed by atoms with Crippen molar-refractivity contribution in [3.8, 4) is 28.4 Å². The summed E-state index contributed by atoms with van der Waals surface area (Å²) in [6.45, 7) is 3.82. The van der Waals surface area contributed by atoms with Gasteiger partial charge in [-0.3, -0.25) is 5.32 Å². The number of ether oxygens (including phenoxy) is 3. The molecular formula is C31H36N2O5. The highest BCUT2D eigenvalue weighted by Gasteiger charge is 2.38. The van der Waals surface area contributed by atoms with Crippen molar-refractivity contribution in [2.75, 3.05) is 20.8 Å². The smallest absolute Gasteiger partial charge is 0.161 e. The maximum atomic E-state index is 11.6. The van der Waals surface area contributed by atoms with Crippen LogP contribution in [0.2, 0.25) is 0 Å². The van der Waals surface area contributed by atoms with E-state index in [1.54, 1.807) is 14.2 Å². The van der Waals surface area contributed by atoms with Gasteiger partial charge in [-0.2, -0.15) is 0 Å². The number of H-pyrrole nitrogens is 1. The molecule has 0 spiro atoms. The van der Waals surface area contributed by atoms with Crippen LogP contribution in [0.4, 0.5) is 0 Å². The van der Waals surface area contributed by atoms with Gasteiger partial charge in [-0.1, -0.05) is 30.3 Å². The molecule has 5 rings (SSSR count). The highest BCUT2D eigenvalue weighted by molar-refractivity contribution is 5.85. The van der Waals surface area contributed by atoms with Crippen molar-refractivity contribution in [2.24, 2.45) is 0 Å².